The molecule has 20 heavy (non-hydrogen) atoms. The maximum absolute atomic E-state index is 12.8. The van der Waals surface area contributed by atoms with Crippen LogP contribution in [0.2, 0.25) is 0 Å². The normalized spacial score (nSPS) is 19.5. The molecular formula is C12H12F3N3O2. The quantitative estimate of drug-likeness (QED) is 0.893. The van der Waals surface area contributed by atoms with Gasteiger partial charge in [-0.1, -0.05) is 0 Å². The summed E-state index contributed by atoms with van der Waals surface area (Å²) < 4.78 is 38.3. The SMILES string of the molecule is Cc1cc(C(F)(F)F)cc(N2C(=O)CCC2C(N)=O)n1. The minimum atomic E-state index is -4.55. The van der Waals surface area contributed by atoms with Crippen LogP contribution in [-0.2, 0) is 15.8 Å². The van der Waals surface area contributed by atoms with Gasteiger partial charge >= 0.3 is 6.18 Å². The molecule has 2 heterocycles. The Morgan fingerprint density at radius 2 is 2.10 bits per heavy atom. The molecule has 1 aliphatic heterocycles. The number of aryl methyl sites for hydroxylation is 1. The van der Waals surface area contributed by atoms with Gasteiger partial charge in [-0.05, 0) is 25.5 Å². The lowest BCUT2D eigenvalue weighted by Gasteiger charge is -2.22. The van der Waals surface area contributed by atoms with Crippen LogP contribution in [0.4, 0.5) is 19.0 Å². The van der Waals surface area contributed by atoms with Crippen LogP contribution in [0, 0.1) is 6.92 Å². The van der Waals surface area contributed by atoms with Crippen LogP contribution in [0.3, 0.4) is 0 Å². The van der Waals surface area contributed by atoms with E-state index in [0.29, 0.717) is 0 Å². The predicted octanol–water partition coefficient (Wildman–Crippen LogP) is 1.39. The molecule has 8 heteroatoms. The Balaban J connectivity index is 2.49. The van der Waals surface area contributed by atoms with Gasteiger partial charge in [-0.15, -0.1) is 0 Å². The smallest absolute Gasteiger partial charge is 0.368 e. The highest BCUT2D eigenvalue weighted by atomic mass is 19.4. The second-order valence-electron chi connectivity index (χ2n) is 4.57. The molecule has 1 aromatic heterocycles. The first-order valence-corrected chi connectivity index (χ1v) is 5.87. The molecule has 0 aliphatic carbocycles. The number of hydrogen-bond donors (Lipinski definition) is 1. The Labute approximate surface area is 112 Å². The minimum absolute atomic E-state index is 0.0601. The standard InChI is InChI=1S/C12H12F3N3O2/c1-6-4-7(12(13,14)15)5-9(17-6)18-8(11(16)20)2-3-10(18)19/h4-5,8H,2-3H2,1H3,(H2,16,20). The zero-order valence-corrected chi connectivity index (χ0v) is 10.6. The Morgan fingerprint density at radius 3 is 2.65 bits per heavy atom. The summed E-state index contributed by atoms with van der Waals surface area (Å²) in [6.07, 6.45) is -4.30. The molecular weight excluding hydrogens is 275 g/mol. The number of nitrogens with two attached hydrogens (primary N) is 1. The number of anilines is 1. The van der Waals surface area contributed by atoms with Gasteiger partial charge in [-0.2, -0.15) is 13.2 Å². The molecule has 0 saturated carbocycles. The largest absolute Gasteiger partial charge is 0.416 e. The van der Waals surface area contributed by atoms with Crippen LogP contribution in [-0.4, -0.2) is 22.8 Å². The summed E-state index contributed by atoms with van der Waals surface area (Å²) in [6, 6.07) is 0.688. The Bertz CT molecular complexity index is 572. The monoisotopic (exact) mass is 287 g/mol. The van der Waals surface area contributed by atoms with E-state index in [9.17, 15) is 22.8 Å². The van der Waals surface area contributed by atoms with Gasteiger partial charge in [0.05, 0.1) is 5.56 Å². The van der Waals surface area contributed by atoms with Gasteiger partial charge in [-0.25, -0.2) is 4.98 Å². The lowest BCUT2D eigenvalue weighted by molar-refractivity contribution is -0.137. The van der Waals surface area contributed by atoms with Crippen LogP contribution in [0.5, 0.6) is 0 Å². The van der Waals surface area contributed by atoms with Crippen molar-refractivity contribution in [3.05, 3.63) is 23.4 Å². The molecule has 2 amide bonds. The van der Waals surface area contributed by atoms with E-state index in [1.165, 1.54) is 6.92 Å². The molecule has 1 fully saturated rings. The molecule has 1 aliphatic rings. The second kappa shape index (κ2) is 4.77. The summed E-state index contributed by atoms with van der Waals surface area (Å²) in [6.45, 7) is 1.39. The summed E-state index contributed by atoms with van der Waals surface area (Å²) >= 11 is 0. The van der Waals surface area contributed by atoms with E-state index < -0.39 is 29.6 Å². The number of hydrogen-bond acceptors (Lipinski definition) is 3. The van der Waals surface area contributed by atoms with Crippen LogP contribution >= 0.6 is 0 Å². The van der Waals surface area contributed by atoms with E-state index in [2.05, 4.69) is 4.98 Å². The molecule has 1 unspecified atom stereocenters. The van der Waals surface area contributed by atoms with Crippen LogP contribution in [0.15, 0.2) is 12.1 Å². The fourth-order valence-electron chi connectivity index (χ4n) is 2.18. The number of aromatic nitrogens is 1. The summed E-state index contributed by atoms with van der Waals surface area (Å²) in [5.41, 5.74) is 4.36. The lowest BCUT2D eigenvalue weighted by Crippen LogP contribution is -2.43. The Morgan fingerprint density at radius 1 is 1.45 bits per heavy atom. The van der Waals surface area contributed by atoms with Gasteiger partial charge in [0.15, 0.2) is 0 Å². The highest BCUT2D eigenvalue weighted by Gasteiger charge is 2.38. The van der Waals surface area contributed by atoms with Crippen molar-refractivity contribution < 1.29 is 22.8 Å². The topological polar surface area (TPSA) is 76.3 Å². The van der Waals surface area contributed by atoms with Crippen molar-refractivity contribution in [2.75, 3.05) is 4.90 Å². The van der Waals surface area contributed by atoms with E-state index in [1.54, 1.807) is 0 Å². The fourth-order valence-corrected chi connectivity index (χ4v) is 2.18. The first kappa shape index (κ1) is 14.3. The van der Waals surface area contributed by atoms with E-state index in [1.807, 2.05) is 0 Å². The fraction of sp³-hybridized carbons (Fsp3) is 0.417. The molecule has 1 aromatic rings. The third-order valence-electron chi connectivity index (χ3n) is 3.05. The number of rotatable bonds is 2. The third-order valence-corrected chi connectivity index (χ3v) is 3.05. The van der Waals surface area contributed by atoms with Crippen molar-refractivity contribution >= 4 is 17.6 Å². The first-order valence-electron chi connectivity index (χ1n) is 5.87. The third kappa shape index (κ3) is 2.59. The van der Waals surface area contributed by atoms with Crippen LogP contribution in [0.25, 0.3) is 0 Å². The molecule has 0 radical (unpaired) electrons. The van der Waals surface area contributed by atoms with E-state index >= 15 is 0 Å². The average molecular weight is 287 g/mol. The number of alkyl halides is 3. The maximum atomic E-state index is 12.8. The number of primary amides is 1. The maximum Gasteiger partial charge on any atom is 0.416 e. The van der Waals surface area contributed by atoms with Crippen molar-refractivity contribution in [3.63, 3.8) is 0 Å². The highest BCUT2D eigenvalue weighted by molar-refractivity contribution is 6.02. The highest BCUT2D eigenvalue weighted by Crippen LogP contribution is 2.33. The second-order valence-corrected chi connectivity index (χ2v) is 4.57. The molecule has 1 saturated heterocycles. The molecule has 5 nitrogen and oxygen atoms in total. The Kier molecular flexibility index (Phi) is 3.41. The van der Waals surface area contributed by atoms with E-state index in [0.717, 1.165) is 17.0 Å². The molecule has 1 atom stereocenters. The van der Waals surface area contributed by atoms with Gasteiger partial charge in [0.25, 0.3) is 0 Å². The summed E-state index contributed by atoms with van der Waals surface area (Å²) in [7, 11) is 0. The summed E-state index contributed by atoms with van der Waals surface area (Å²) in [5, 5.41) is 0. The summed E-state index contributed by atoms with van der Waals surface area (Å²) in [5.74, 6) is -1.41. The van der Waals surface area contributed by atoms with Crippen molar-refractivity contribution in [1.29, 1.82) is 0 Å². The van der Waals surface area contributed by atoms with Gasteiger partial charge < -0.3 is 5.73 Å². The number of pyridine rings is 1. The first-order chi connectivity index (χ1) is 9.20. The van der Waals surface area contributed by atoms with Gasteiger partial charge in [0.1, 0.15) is 11.9 Å². The number of halogens is 3. The van der Waals surface area contributed by atoms with Crippen LogP contribution in [0.1, 0.15) is 24.1 Å². The zero-order valence-electron chi connectivity index (χ0n) is 10.6. The van der Waals surface area contributed by atoms with Crippen LogP contribution < -0.4 is 10.6 Å². The molecule has 0 aromatic carbocycles. The lowest BCUT2D eigenvalue weighted by atomic mass is 10.2. The molecule has 0 bridgehead atoms. The summed E-state index contributed by atoms with van der Waals surface area (Å²) in [4.78, 5) is 27.9. The van der Waals surface area contributed by atoms with Crippen molar-refractivity contribution in [1.82, 2.24) is 4.98 Å². The molecule has 2 N–H and O–H groups in total. The Hall–Kier alpha value is -2.12. The molecule has 2 rings (SSSR count). The molecule has 108 valence electrons. The predicted molar refractivity (Wildman–Crippen MR) is 63.7 cm³/mol. The van der Waals surface area contributed by atoms with Crippen molar-refractivity contribution in [3.8, 4) is 0 Å². The average Bonchev–Trinajstić information content (AvgIpc) is 2.69. The number of nitrogens with zero attached hydrogens (tertiary/aromatic N) is 2. The number of carbonyl (C=O) groups is 2. The van der Waals surface area contributed by atoms with Gasteiger partial charge in [-0.3, -0.25) is 14.5 Å². The minimum Gasteiger partial charge on any atom is -0.368 e. The number of amides is 2. The van der Waals surface area contributed by atoms with E-state index in [4.69, 9.17) is 5.73 Å². The van der Waals surface area contributed by atoms with Gasteiger partial charge in [0.2, 0.25) is 11.8 Å². The van der Waals surface area contributed by atoms with Crippen molar-refractivity contribution in [2.24, 2.45) is 5.73 Å². The van der Waals surface area contributed by atoms with Crippen molar-refractivity contribution in [2.45, 2.75) is 32.0 Å². The van der Waals surface area contributed by atoms with Gasteiger partial charge in [0, 0.05) is 12.1 Å². The van der Waals surface area contributed by atoms with E-state index in [-0.39, 0.29) is 24.4 Å². The number of carbonyl (C=O) groups excluding carboxylic acids is 2. The zero-order chi connectivity index (χ0) is 15.1. The molecule has 0 spiro atoms.